The van der Waals surface area contributed by atoms with Gasteiger partial charge in [-0.3, -0.25) is 4.79 Å². The Labute approximate surface area is 175 Å². The molecular weight excluding hydrogens is 384 g/mol. The molecule has 3 rings (SSSR count). The minimum absolute atomic E-state index is 0.0964. The van der Waals surface area contributed by atoms with Crippen molar-refractivity contribution in [3.63, 3.8) is 0 Å². The molecule has 3 aromatic carbocycles. The van der Waals surface area contributed by atoms with Gasteiger partial charge in [0.25, 0.3) is 0 Å². The predicted octanol–water partition coefficient (Wildman–Crippen LogP) is 6.18. The zero-order valence-corrected chi connectivity index (χ0v) is 17.0. The van der Waals surface area contributed by atoms with Crippen LogP contribution in [0.3, 0.4) is 0 Å². The second-order valence-corrected chi connectivity index (χ2v) is 6.75. The molecular formula is C25H21ClO3. The van der Waals surface area contributed by atoms with E-state index in [1.54, 1.807) is 38.5 Å². The monoisotopic (exact) mass is 404 g/mol. The van der Waals surface area contributed by atoms with Crippen LogP contribution in [0, 0.1) is 0 Å². The maximum absolute atomic E-state index is 13.0. The fourth-order valence-electron chi connectivity index (χ4n) is 2.77. The number of hydrogen-bond acceptors (Lipinski definition) is 3. The van der Waals surface area contributed by atoms with Crippen molar-refractivity contribution >= 4 is 35.1 Å². The summed E-state index contributed by atoms with van der Waals surface area (Å²) in [7, 11) is 3.24. The Hall–Kier alpha value is -3.30. The number of hydrogen-bond donors (Lipinski definition) is 0. The minimum atomic E-state index is -0.0964. The van der Waals surface area contributed by atoms with Gasteiger partial charge in [-0.25, -0.2) is 0 Å². The number of carbonyl (C=O) groups is 1. The molecule has 0 saturated carbocycles. The van der Waals surface area contributed by atoms with Crippen LogP contribution in [0.1, 0.15) is 16.7 Å². The molecule has 0 fully saturated rings. The molecule has 0 unspecified atom stereocenters. The van der Waals surface area contributed by atoms with Gasteiger partial charge in [-0.2, -0.15) is 0 Å². The van der Waals surface area contributed by atoms with E-state index in [4.69, 9.17) is 21.1 Å². The fourth-order valence-corrected chi connectivity index (χ4v) is 2.90. The second-order valence-electron chi connectivity index (χ2n) is 6.31. The van der Waals surface area contributed by atoms with Crippen molar-refractivity contribution in [2.24, 2.45) is 0 Å². The predicted molar refractivity (Wildman–Crippen MR) is 119 cm³/mol. The second kappa shape index (κ2) is 9.76. The van der Waals surface area contributed by atoms with Crippen LogP contribution < -0.4 is 9.47 Å². The molecule has 0 amide bonds. The maximum atomic E-state index is 13.0. The van der Waals surface area contributed by atoms with E-state index >= 15 is 0 Å². The number of benzene rings is 3. The molecule has 0 heterocycles. The van der Waals surface area contributed by atoms with E-state index in [-0.39, 0.29) is 5.78 Å². The molecule has 0 radical (unpaired) electrons. The quantitative estimate of drug-likeness (QED) is 0.348. The van der Waals surface area contributed by atoms with Gasteiger partial charge < -0.3 is 9.47 Å². The van der Waals surface area contributed by atoms with Gasteiger partial charge in [0.05, 0.1) is 14.2 Å². The van der Waals surface area contributed by atoms with Gasteiger partial charge in [0.1, 0.15) is 11.5 Å². The summed E-state index contributed by atoms with van der Waals surface area (Å²) in [5.74, 6) is 1.41. The van der Waals surface area contributed by atoms with Crippen molar-refractivity contribution in [3.8, 4) is 11.5 Å². The normalized spacial score (nSPS) is 11.5. The lowest BCUT2D eigenvalue weighted by molar-refractivity contribution is -0.109. The van der Waals surface area contributed by atoms with E-state index in [1.807, 2.05) is 66.7 Å². The average molecular weight is 405 g/mol. The molecule has 0 spiro atoms. The first-order valence-corrected chi connectivity index (χ1v) is 9.45. The number of rotatable bonds is 7. The van der Waals surface area contributed by atoms with Crippen molar-refractivity contribution in [3.05, 3.63) is 101 Å². The van der Waals surface area contributed by atoms with E-state index in [1.165, 1.54) is 0 Å². The average Bonchev–Trinajstić information content (AvgIpc) is 2.77. The smallest absolute Gasteiger partial charge is 0.186 e. The Balaban J connectivity index is 1.95. The Bertz CT molecular complexity index is 1020. The highest BCUT2D eigenvalue weighted by Gasteiger charge is 2.10. The molecule has 0 aliphatic heterocycles. The highest BCUT2D eigenvalue weighted by molar-refractivity contribution is 6.31. The van der Waals surface area contributed by atoms with Crippen molar-refractivity contribution < 1.29 is 14.3 Å². The van der Waals surface area contributed by atoms with Gasteiger partial charge in [-0.05, 0) is 65.2 Å². The van der Waals surface area contributed by atoms with E-state index < -0.39 is 0 Å². The number of carbonyl (C=O) groups excluding carboxylic acids is 1. The summed E-state index contributed by atoms with van der Waals surface area (Å²) in [5, 5.41) is 0.659. The summed E-state index contributed by atoms with van der Waals surface area (Å²) >= 11 is 5.92. The molecule has 146 valence electrons. The lowest BCUT2D eigenvalue weighted by Gasteiger charge is -2.07. The van der Waals surface area contributed by atoms with Crippen LogP contribution >= 0.6 is 11.6 Å². The Morgan fingerprint density at radius 2 is 1.28 bits per heavy atom. The molecule has 0 aliphatic rings. The first kappa shape index (κ1) is 20.4. The largest absolute Gasteiger partial charge is 0.497 e. The van der Waals surface area contributed by atoms with Crippen LogP contribution in [0.15, 0.2) is 78.9 Å². The van der Waals surface area contributed by atoms with Crippen LogP contribution in [-0.4, -0.2) is 20.0 Å². The summed E-state index contributed by atoms with van der Waals surface area (Å²) in [5.41, 5.74) is 3.21. The summed E-state index contributed by atoms with van der Waals surface area (Å²) in [6.07, 6.45) is 5.22. The lowest BCUT2D eigenvalue weighted by Crippen LogP contribution is -1.98. The van der Waals surface area contributed by atoms with Crippen molar-refractivity contribution in [1.29, 1.82) is 0 Å². The number of methoxy groups -OCH3 is 2. The zero-order valence-electron chi connectivity index (χ0n) is 16.3. The van der Waals surface area contributed by atoms with Crippen molar-refractivity contribution in [2.45, 2.75) is 0 Å². The Morgan fingerprint density at radius 3 is 1.83 bits per heavy atom. The topological polar surface area (TPSA) is 35.5 Å². The van der Waals surface area contributed by atoms with Gasteiger partial charge in [-0.15, -0.1) is 0 Å². The van der Waals surface area contributed by atoms with Gasteiger partial charge >= 0.3 is 0 Å². The number of halogens is 1. The van der Waals surface area contributed by atoms with Crippen molar-refractivity contribution in [1.82, 2.24) is 0 Å². The lowest BCUT2D eigenvalue weighted by atomic mass is 9.98. The van der Waals surface area contributed by atoms with Gasteiger partial charge in [0.15, 0.2) is 5.78 Å². The number of ketones is 1. The molecule has 0 bridgehead atoms. The van der Waals surface area contributed by atoms with Gasteiger partial charge in [-0.1, -0.05) is 54.1 Å². The highest BCUT2D eigenvalue weighted by atomic mass is 35.5. The van der Waals surface area contributed by atoms with Crippen LogP contribution in [0.2, 0.25) is 5.02 Å². The first-order chi connectivity index (χ1) is 14.1. The third kappa shape index (κ3) is 5.59. The summed E-state index contributed by atoms with van der Waals surface area (Å²) in [6, 6.07) is 22.3. The van der Waals surface area contributed by atoms with Crippen LogP contribution in [0.4, 0.5) is 0 Å². The molecule has 4 heteroatoms. The van der Waals surface area contributed by atoms with E-state index in [0.717, 1.165) is 28.2 Å². The maximum Gasteiger partial charge on any atom is 0.186 e. The molecule has 0 aliphatic carbocycles. The highest BCUT2D eigenvalue weighted by Crippen LogP contribution is 2.24. The molecule has 29 heavy (non-hydrogen) atoms. The Kier molecular flexibility index (Phi) is 6.88. The molecule has 0 atom stereocenters. The minimum Gasteiger partial charge on any atom is -0.497 e. The summed E-state index contributed by atoms with van der Waals surface area (Å²) in [6.45, 7) is 0. The summed E-state index contributed by atoms with van der Waals surface area (Å²) < 4.78 is 10.4. The van der Waals surface area contributed by atoms with Gasteiger partial charge in [0.2, 0.25) is 0 Å². The van der Waals surface area contributed by atoms with Crippen LogP contribution in [0.5, 0.6) is 11.5 Å². The first-order valence-electron chi connectivity index (χ1n) is 9.07. The van der Waals surface area contributed by atoms with Crippen molar-refractivity contribution in [2.75, 3.05) is 14.2 Å². The van der Waals surface area contributed by atoms with Crippen LogP contribution in [-0.2, 0) is 4.79 Å². The van der Waals surface area contributed by atoms with E-state index in [2.05, 4.69) is 0 Å². The summed E-state index contributed by atoms with van der Waals surface area (Å²) in [4.78, 5) is 13.0. The van der Waals surface area contributed by atoms with E-state index in [9.17, 15) is 4.79 Å². The zero-order chi connectivity index (χ0) is 20.6. The number of ether oxygens (including phenoxy) is 2. The number of allylic oxidation sites excluding steroid dienone is 2. The van der Waals surface area contributed by atoms with E-state index in [0.29, 0.717) is 10.6 Å². The Morgan fingerprint density at radius 1 is 0.759 bits per heavy atom. The standard InChI is InChI=1S/C25H21ClO3/c1-28-22-12-5-19(6-13-22)17-24(20-8-14-23(29-2)15-9-20)25(27)16-7-18-3-10-21(26)11-4-18/h3-17H,1-2H3/b16-7+,24-17+. The molecule has 3 nitrogen and oxygen atoms in total. The molecule has 0 aromatic heterocycles. The van der Waals surface area contributed by atoms with Crippen LogP contribution in [0.25, 0.3) is 17.7 Å². The molecule has 0 N–H and O–H groups in total. The SMILES string of the molecule is COc1ccc(/C=C(/C(=O)/C=C/c2ccc(Cl)cc2)c2ccc(OC)cc2)cc1. The molecule has 0 saturated heterocycles. The third-order valence-electron chi connectivity index (χ3n) is 4.39. The van der Waals surface area contributed by atoms with Gasteiger partial charge in [0, 0.05) is 10.6 Å². The third-order valence-corrected chi connectivity index (χ3v) is 4.64. The molecule has 3 aromatic rings. The fraction of sp³-hybridized carbons (Fsp3) is 0.0800.